The standard InChI is InChI=1S/C19H16O6/c20-12(8-3-9-15(23)24)16-10-4-1-6-13(21)17(10)19(25)18-11(16)5-2-7-14(18)22/h1-2,4-7,16,21-22H,3,8-9H2,(H,23,24). The Morgan fingerprint density at radius 3 is 1.88 bits per heavy atom. The van der Waals surface area contributed by atoms with Gasteiger partial charge >= 0.3 is 5.97 Å². The van der Waals surface area contributed by atoms with Crippen molar-refractivity contribution in [3.05, 3.63) is 58.7 Å². The zero-order valence-corrected chi connectivity index (χ0v) is 13.2. The Hall–Kier alpha value is -3.15. The zero-order chi connectivity index (χ0) is 18.1. The van der Waals surface area contributed by atoms with Crippen LogP contribution in [0.15, 0.2) is 36.4 Å². The molecule has 6 heteroatoms. The van der Waals surface area contributed by atoms with E-state index in [0.717, 1.165) is 0 Å². The van der Waals surface area contributed by atoms with Crippen molar-refractivity contribution in [1.82, 2.24) is 0 Å². The summed E-state index contributed by atoms with van der Waals surface area (Å²) >= 11 is 0. The smallest absolute Gasteiger partial charge is 0.303 e. The van der Waals surface area contributed by atoms with E-state index >= 15 is 0 Å². The Morgan fingerprint density at radius 1 is 0.880 bits per heavy atom. The maximum absolute atomic E-state index is 12.8. The number of aliphatic carboxylic acids is 1. The van der Waals surface area contributed by atoms with Gasteiger partial charge in [-0.05, 0) is 29.7 Å². The first kappa shape index (κ1) is 16.7. The van der Waals surface area contributed by atoms with Crippen LogP contribution in [-0.2, 0) is 9.59 Å². The van der Waals surface area contributed by atoms with Gasteiger partial charge in [0, 0.05) is 12.8 Å². The summed E-state index contributed by atoms with van der Waals surface area (Å²) in [5, 5.41) is 28.9. The second-order valence-corrected chi connectivity index (χ2v) is 5.96. The Kier molecular flexibility index (Phi) is 4.27. The number of carboxylic acids is 1. The molecule has 0 atom stereocenters. The molecule has 128 valence electrons. The molecule has 0 fully saturated rings. The molecule has 0 spiro atoms. The third kappa shape index (κ3) is 2.87. The highest BCUT2D eigenvalue weighted by atomic mass is 16.4. The maximum Gasteiger partial charge on any atom is 0.303 e. The minimum atomic E-state index is -0.984. The Labute approximate surface area is 143 Å². The summed E-state index contributed by atoms with van der Waals surface area (Å²) in [6.07, 6.45) is 0.0768. The molecule has 0 amide bonds. The lowest BCUT2D eigenvalue weighted by atomic mass is 9.74. The highest BCUT2D eigenvalue weighted by molar-refractivity contribution is 6.18. The van der Waals surface area contributed by atoms with Crippen molar-refractivity contribution in [2.24, 2.45) is 0 Å². The summed E-state index contributed by atoms with van der Waals surface area (Å²) in [7, 11) is 0. The molecular formula is C19H16O6. The minimum Gasteiger partial charge on any atom is -0.507 e. The largest absolute Gasteiger partial charge is 0.507 e. The Morgan fingerprint density at radius 2 is 1.40 bits per heavy atom. The molecule has 25 heavy (non-hydrogen) atoms. The number of aromatic hydroxyl groups is 2. The van der Waals surface area contributed by atoms with Crippen molar-refractivity contribution in [2.45, 2.75) is 25.2 Å². The molecule has 2 aromatic rings. The summed E-state index contributed by atoms with van der Waals surface area (Å²) in [5.74, 6) is -3.10. The van der Waals surface area contributed by atoms with Crippen LogP contribution in [0.3, 0.4) is 0 Å². The van der Waals surface area contributed by atoms with Crippen LogP contribution in [0.5, 0.6) is 11.5 Å². The van der Waals surface area contributed by atoms with Gasteiger partial charge in [-0.3, -0.25) is 14.4 Å². The van der Waals surface area contributed by atoms with Crippen LogP contribution in [0.2, 0.25) is 0 Å². The molecule has 1 aliphatic carbocycles. The highest BCUT2D eigenvalue weighted by Crippen LogP contribution is 2.43. The third-order valence-electron chi connectivity index (χ3n) is 4.36. The Bertz CT molecular complexity index is 828. The number of carbonyl (C=O) groups excluding carboxylic acids is 2. The number of carbonyl (C=O) groups is 3. The maximum atomic E-state index is 12.8. The molecule has 0 saturated carbocycles. The predicted octanol–water partition coefficient (Wildman–Crippen LogP) is 2.60. The number of carboxylic acid groups (broad SMARTS) is 1. The molecule has 0 bridgehead atoms. The molecule has 0 heterocycles. The molecular weight excluding hydrogens is 324 g/mol. The van der Waals surface area contributed by atoms with Gasteiger partial charge in [-0.2, -0.15) is 0 Å². The van der Waals surface area contributed by atoms with E-state index in [2.05, 4.69) is 0 Å². The number of benzene rings is 2. The summed E-state index contributed by atoms with van der Waals surface area (Å²) in [6, 6.07) is 9.00. The lowest BCUT2D eigenvalue weighted by Gasteiger charge is -2.27. The number of Topliss-reactive ketones (excluding diaryl/α,β-unsaturated/α-hetero) is 1. The number of ketones is 2. The molecule has 6 nitrogen and oxygen atoms in total. The van der Waals surface area contributed by atoms with Crippen molar-refractivity contribution in [2.75, 3.05) is 0 Å². The van der Waals surface area contributed by atoms with Crippen LogP contribution in [-0.4, -0.2) is 32.9 Å². The van der Waals surface area contributed by atoms with Gasteiger partial charge in [0.2, 0.25) is 5.78 Å². The molecule has 0 radical (unpaired) electrons. The van der Waals surface area contributed by atoms with Gasteiger partial charge in [-0.15, -0.1) is 0 Å². The van der Waals surface area contributed by atoms with Crippen molar-refractivity contribution >= 4 is 17.5 Å². The van der Waals surface area contributed by atoms with Gasteiger partial charge in [0.1, 0.15) is 17.3 Å². The SMILES string of the molecule is O=C(O)CCCC(=O)C1c2cccc(O)c2C(=O)c2c(O)cccc21. The van der Waals surface area contributed by atoms with Crippen molar-refractivity contribution in [3.63, 3.8) is 0 Å². The van der Waals surface area contributed by atoms with E-state index in [-0.39, 0.29) is 47.7 Å². The van der Waals surface area contributed by atoms with Crippen LogP contribution in [0.4, 0.5) is 0 Å². The van der Waals surface area contributed by atoms with E-state index < -0.39 is 17.7 Å². The second kappa shape index (κ2) is 6.39. The Balaban J connectivity index is 2.10. The highest BCUT2D eigenvalue weighted by Gasteiger charge is 2.37. The minimum absolute atomic E-state index is 0.00749. The van der Waals surface area contributed by atoms with E-state index in [0.29, 0.717) is 11.1 Å². The van der Waals surface area contributed by atoms with E-state index in [1.54, 1.807) is 24.3 Å². The lowest BCUT2D eigenvalue weighted by molar-refractivity contribution is -0.137. The van der Waals surface area contributed by atoms with Gasteiger partial charge in [0.15, 0.2) is 0 Å². The first-order valence-corrected chi connectivity index (χ1v) is 7.84. The number of fused-ring (bicyclic) bond motifs is 2. The zero-order valence-electron chi connectivity index (χ0n) is 13.2. The summed E-state index contributed by atoms with van der Waals surface area (Å²) in [4.78, 5) is 36.1. The van der Waals surface area contributed by atoms with Gasteiger partial charge < -0.3 is 15.3 Å². The molecule has 3 rings (SSSR count). The van der Waals surface area contributed by atoms with Crippen LogP contribution < -0.4 is 0 Å². The lowest BCUT2D eigenvalue weighted by Crippen LogP contribution is -2.25. The van der Waals surface area contributed by atoms with Crippen LogP contribution in [0.1, 0.15) is 52.2 Å². The molecule has 0 unspecified atom stereocenters. The molecule has 2 aromatic carbocycles. The third-order valence-corrected chi connectivity index (χ3v) is 4.36. The monoisotopic (exact) mass is 340 g/mol. The molecule has 0 aromatic heterocycles. The van der Waals surface area contributed by atoms with Crippen molar-refractivity contribution in [1.29, 1.82) is 0 Å². The number of phenolic OH excluding ortho intramolecular Hbond substituents is 2. The topological polar surface area (TPSA) is 112 Å². The van der Waals surface area contributed by atoms with Crippen LogP contribution in [0.25, 0.3) is 0 Å². The fraction of sp³-hybridized carbons (Fsp3) is 0.211. The first-order valence-electron chi connectivity index (χ1n) is 7.84. The molecule has 0 aliphatic heterocycles. The molecule has 1 aliphatic rings. The van der Waals surface area contributed by atoms with Crippen LogP contribution in [0, 0.1) is 0 Å². The van der Waals surface area contributed by atoms with E-state index in [1.165, 1.54) is 12.1 Å². The predicted molar refractivity (Wildman–Crippen MR) is 88.0 cm³/mol. The van der Waals surface area contributed by atoms with Crippen LogP contribution >= 0.6 is 0 Å². The van der Waals surface area contributed by atoms with E-state index in [4.69, 9.17) is 5.11 Å². The van der Waals surface area contributed by atoms with Gasteiger partial charge in [0.25, 0.3) is 0 Å². The summed E-state index contributed by atoms with van der Waals surface area (Å²) in [6.45, 7) is 0. The number of phenols is 2. The fourth-order valence-corrected chi connectivity index (χ4v) is 3.29. The summed E-state index contributed by atoms with van der Waals surface area (Å²) < 4.78 is 0. The average molecular weight is 340 g/mol. The van der Waals surface area contributed by atoms with Gasteiger partial charge in [0.05, 0.1) is 17.0 Å². The second-order valence-electron chi connectivity index (χ2n) is 5.96. The van der Waals surface area contributed by atoms with Crippen molar-refractivity contribution in [3.8, 4) is 11.5 Å². The average Bonchev–Trinajstić information content (AvgIpc) is 2.54. The van der Waals surface area contributed by atoms with Gasteiger partial charge in [-0.25, -0.2) is 0 Å². The fourth-order valence-electron chi connectivity index (χ4n) is 3.29. The normalized spacial score (nSPS) is 13.2. The quantitative estimate of drug-likeness (QED) is 0.771. The van der Waals surface area contributed by atoms with Crippen molar-refractivity contribution < 1.29 is 29.7 Å². The van der Waals surface area contributed by atoms with E-state index in [9.17, 15) is 24.6 Å². The van der Waals surface area contributed by atoms with E-state index in [1.807, 2.05) is 0 Å². The summed E-state index contributed by atoms with van der Waals surface area (Å²) in [5.41, 5.74) is 0.771. The molecule has 3 N–H and O–H groups in total. The number of rotatable bonds is 5. The molecule has 0 saturated heterocycles. The first-order chi connectivity index (χ1) is 11.9. The number of hydrogen-bond donors (Lipinski definition) is 3. The number of hydrogen-bond acceptors (Lipinski definition) is 5. The van der Waals surface area contributed by atoms with Gasteiger partial charge in [-0.1, -0.05) is 24.3 Å².